The van der Waals surface area contributed by atoms with Gasteiger partial charge in [0.15, 0.2) is 5.58 Å². The van der Waals surface area contributed by atoms with Crippen molar-refractivity contribution in [3.05, 3.63) is 150 Å². The molecule has 4 aliphatic rings. The summed E-state index contributed by atoms with van der Waals surface area (Å²) in [5.74, 6) is 0. The van der Waals surface area contributed by atoms with E-state index in [1.807, 2.05) is 0 Å². The number of hydrogen-bond acceptors (Lipinski definition) is 3. The van der Waals surface area contributed by atoms with Gasteiger partial charge in [-0.1, -0.05) is 133 Å². The number of para-hydroxylation sites is 3. The van der Waals surface area contributed by atoms with Gasteiger partial charge < -0.3 is 14.1 Å². The molecule has 0 bridgehead atoms. The van der Waals surface area contributed by atoms with E-state index in [4.69, 9.17) is 4.42 Å². The van der Waals surface area contributed by atoms with Crippen molar-refractivity contribution in [2.45, 2.75) is 70.6 Å². The average Bonchev–Trinajstić information content (AvgIpc) is 3.58. The smallest absolute Gasteiger partial charge is 0.333 e. The first kappa shape index (κ1) is 31.6. The van der Waals surface area contributed by atoms with Crippen molar-refractivity contribution >= 4 is 78.9 Å². The zero-order valence-electron chi connectivity index (χ0n) is 32.4. The van der Waals surface area contributed by atoms with Crippen molar-refractivity contribution in [2.24, 2.45) is 0 Å². The molecular formula is C51H43BN2O. The summed E-state index contributed by atoms with van der Waals surface area (Å²) in [6, 6.07) is 48.3. The number of fused-ring (bicyclic) bond motifs is 13. The summed E-state index contributed by atoms with van der Waals surface area (Å²) in [5.41, 5.74) is 19.0. The molecule has 0 atom stereocenters. The van der Waals surface area contributed by atoms with Crippen LogP contribution in [0.5, 0.6) is 0 Å². The maximum absolute atomic E-state index is 7.05. The van der Waals surface area contributed by atoms with E-state index in [0.717, 1.165) is 27.6 Å². The normalized spacial score (nSPS) is 17.8. The van der Waals surface area contributed by atoms with Gasteiger partial charge in [0.2, 0.25) is 0 Å². The van der Waals surface area contributed by atoms with Gasteiger partial charge in [0, 0.05) is 38.8 Å². The van der Waals surface area contributed by atoms with Gasteiger partial charge in [0.25, 0.3) is 0 Å². The van der Waals surface area contributed by atoms with Crippen LogP contribution in [-0.4, -0.2) is 6.85 Å². The lowest BCUT2D eigenvalue weighted by atomic mass is 9.42. The molecule has 3 aliphatic heterocycles. The van der Waals surface area contributed by atoms with E-state index in [0.29, 0.717) is 0 Å². The van der Waals surface area contributed by atoms with Gasteiger partial charge in [0.05, 0.1) is 11.4 Å². The predicted octanol–water partition coefficient (Wildman–Crippen LogP) is 12.4. The summed E-state index contributed by atoms with van der Waals surface area (Å²) in [7, 11) is 0. The molecule has 0 saturated heterocycles. The Bertz CT molecular complexity index is 3000. The Hall–Kier alpha value is -5.74. The van der Waals surface area contributed by atoms with Gasteiger partial charge in [-0.05, 0) is 110 Å². The second kappa shape index (κ2) is 10.3. The molecule has 12 rings (SSSR count). The molecule has 0 amide bonds. The lowest BCUT2D eigenvalue weighted by Crippen LogP contribution is -2.62. The largest absolute Gasteiger partial charge is 0.454 e. The average molecular weight is 711 g/mol. The van der Waals surface area contributed by atoms with Crippen LogP contribution in [0.4, 0.5) is 28.4 Å². The van der Waals surface area contributed by atoms with E-state index in [1.54, 1.807) is 0 Å². The van der Waals surface area contributed by atoms with Crippen LogP contribution in [0, 0.1) is 0 Å². The molecule has 4 heterocycles. The Morgan fingerprint density at radius 3 is 2.15 bits per heavy atom. The summed E-state index contributed by atoms with van der Waals surface area (Å²) in [5, 5.41) is 4.84. The van der Waals surface area contributed by atoms with Crippen LogP contribution in [0.1, 0.15) is 76.6 Å². The second-order valence-corrected chi connectivity index (χ2v) is 18.3. The van der Waals surface area contributed by atoms with Gasteiger partial charge >= 0.3 is 6.85 Å². The second-order valence-electron chi connectivity index (χ2n) is 18.3. The zero-order chi connectivity index (χ0) is 37.2. The zero-order valence-corrected chi connectivity index (χ0v) is 32.4. The summed E-state index contributed by atoms with van der Waals surface area (Å²) in [6.07, 6.45) is 2.35. The molecule has 1 aromatic heterocycles. The van der Waals surface area contributed by atoms with Gasteiger partial charge in [-0.25, -0.2) is 0 Å². The maximum atomic E-state index is 7.05. The van der Waals surface area contributed by atoms with Crippen LogP contribution in [0.2, 0.25) is 0 Å². The van der Waals surface area contributed by atoms with Crippen molar-refractivity contribution < 1.29 is 4.42 Å². The number of furan rings is 1. The molecule has 0 spiro atoms. The van der Waals surface area contributed by atoms with E-state index in [9.17, 15) is 0 Å². The third kappa shape index (κ3) is 3.92. The molecule has 0 radical (unpaired) electrons. The molecule has 1 aliphatic carbocycles. The molecule has 7 aromatic carbocycles. The molecule has 0 saturated carbocycles. The standard InChI is InChI=1S/C51H43BN2O/c1-49(2)26-27-50(3,4)39-29-31(22-25-36(39)49)54-46-35(24-23-34-33-16-9-12-21-43(33)55-48(34)46)44-32-15-8-7-14-30(32)28-42-45(44)52(54)40-19-13-18-38-47(40)53(42)41-20-11-10-17-37(41)51(38,5)6/h7-25,28-29H,26-27H2,1-6H3. The van der Waals surface area contributed by atoms with Crippen LogP contribution in [0.3, 0.4) is 0 Å². The van der Waals surface area contributed by atoms with Crippen LogP contribution in [0.25, 0.3) is 43.8 Å². The molecule has 0 fully saturated rings. The highest BCUT2D eigenvalue weighted by atomic mass is 16.3. The SMILES string of the molecule is CC1(C)CCC(C)(C)c2cc(N3B4c5cccc6c5N(c5ccccc5C6(C)C)c5cc6ccccc6c(c54)-c4ccc5c(oc6ccccc65)c43)ccc21. The lowest BCUT2D eigenvalue weighted by Gasteiger charge is -2.50. The number of nitrogens with zero attached hydrogens (tertiary/aromatic N) is 2. The van der Waals surface area contributed by atoms with Crippen LogP contribution < -0.4 is 20.6 Å². The number of hydrogen-bond donors (Lipinski definition) is 0. The summed E-state index contributed by atoms with van der Waals surface area (Å²) in [6.45, 7) is 14.4. The Morgan fingerprint density at radius 1 is 0.564 bits per heavy atom. The Balaban J connectivity index is 1.28. The number of anilines is 5. The molecule has 0 N–H and O–H groups in total. The maximum Gasteiger partial charge on any atom is 0.333 e. The molecule has 8 aromatic rings. The third-order valence-corrected chi connectivity index (χ3v) is 14.1. The summed E-state index contributed by atoms with van der Waals surface area (Å²) < 4.78 is 7.05. The minimum absolute atomic E-state index is 0.0626. The predicted molar refractivity (Wildman–Crippen MR) is 232 cm³/mol. The summed E-state index contributed by atoms with van der Waals surface area (Å²) >= 11 is 0. The van der Waals surface area contributed by atoms with E-state index in [-0.39, 0.29) is 23.1 Å². The first-order valence-electron chi connectivity index (χ1n) is 20.0. The van der Waals surface area contributed by atoms with Gasteiger partial charge in [0.1, 0.15) is 5.58 Å². The molecule has 4 heteroatoms. The fourth-order valence-electron chi connectivity index (χ4n) is 11.1. The minimum atomic E-state index is -0.180. The quantitative estimate of drug-likeness (QED) is 0.158. The van der Waals surface area contributed by atoms with Gasteiger partial charge in [-0.2, -0.15) is 0 Å². The van der Waals surface area contributed by atoms with Crippen LogP contribution in [-0.2, 0) is 16.2 Å². The van der Waals surface area contributed by atoms with Gasteiger partial charge in [-0.15, -0.1) is 0 Å². The van der Waals surface area contributed by atoms with Crippen molar-refractivity contribution in [2.75, 3.05) is 9.71 Å². The van der Waals surface area contributed by atoms with E-state index >= 15 is 0 Å². The first-order valence-corrected chi connectivity index (χ1v) is 20.0. The highest BCUT2D eigenvalue weighted by molar-refractivity contribution is 6.94. The van der Waals surface area contributed by atoms with Crippen molar-refractivity contribution in [1.29, 1.82) is 0 Å². The number of rotatable bonds is 1. The van der Waals surface area contributed by atoms with Crippen molar-refractivity contribution in [3.8, 4) is 11.1 Å². The lowest BCUT2D eigenvalue weighted by molar-refractivity contribution is 0.332. The Kier molecular flexibility index (Phi) is 5.92. The first-order chi connectivity index (χ1) is 26.5. The Labute approximate surface area is 323 Å². The van der Waals surface area contributed by atoms with Crippen LogP contribution in [0.15, 0.2) is 132 Å². The van der Waals surface area contributed by atoms with E-state index in [2.05, 4.69) is 179 Å². The molecule has 3 nitrogen and oxygen atoms in total. The molecule has 55 heavy (non-hydrogen) atoms. The Morgan fingerprint density at radius 2 is 1.29 bits per heavy atom. The fraction of sp³-hybridized carbons (Fsp3) is 0.216. The van der Waals surface area contributed by atoms with Crippen molar-refractivity contribution in [1.82, 2.24) is 0 Å². The van der Waals surface area contributed by atoms with Gasteiger partial charge in [-0.3, -0.25) is 0 Å². The third-order valence-electron chi connectivity index (χ3n) is 14.1. The molecule has 266 valence electrons. The molecular weight excluding hydrogens is 667 g/mol. The van der Waals surface area contributed by atoms with Crippen molar-refractivity contribution in [3.63, 3.8) is 0 Å². The van der Waals surface area contributed by atoms with Crippen LogP contribution >= 0.6 is 0 Å². The monoisotopic (exact) mass is 710 g/mol. The topological polar surface area (TPSA) is 19.6 Å². The fourth-order valence-corrected chi connectivity index (χ4v) is 11.1. The highest BCUT2D eigenvalue weighted by Gasteiger charge is 2.51. The van der Waals surface area contributed by atoms with E-state index < -0.39 is 0 Å². The van der Waals surface area contributed by atoms with E-state index in [1.165, 1.54) is 90.7 Å². The minimum Gasteiger partial charge on any atom is -0.454 e. The number of benzene rings is 7. The highest BCUT2D eigenvalue weighted by Crippen LogP contribution is 2.57. The molecule has 0 unspecified atom stereocenters. The summed E-state index contributed by atoms with van der Waals surface area (Å²) in [4.78, 5) is 5.29.